The molecule has 0 aliphatic heterocycles. The Morgan fingerprint density at radius 1 is 1.22 bits per heavy atom. The summed E-state index contributed by atoms with van der Waals surface area (Å²) in [4.78, 5) is 14.3. The minimum absolute atomic E-state index is 0.0359. The molecule has 23 heavy (non-hydrogen) atoms. The lowest BCUT2D eigenvalue weighted by molar-refractivity contribution is 0.165. The number of benzene rings is 1. The van der Waals surface area contributed by atoms with E-state index in [0.29, 0.717) is 13.0 Å². The molecule has 0 saturated carbocycles. The zero-order valence-corrected chi connectivity index (χ0v) is 14.9. The van der Waals surface area contributed by atoms with Gasteiger partial charge in [0.15, 0.2) is 0 Å². The first-order valence-electron chi connectivity index (χ1n) is 8.47. The van der Waals surface area contributed by atoms with Gasteiger partial charge in [-0.15, -0.1) is 0 Å². The maximum atomic E-state index is 12.3. The third-order valence-electron chi connectivity index (χ3n) is 4.80. The molecule has 5 heteroatoms. The zero-order valence-electron chi connectivity index (χ0n) is 14.9. The molecule has 130 valence electrons. The van der Waals surface area contributed by atoms with Crippen LogP contribution in [0.2, 0.25) is 0 Å². The van der Waals surface area contributed by atoms with Crippen LogP contribution in [0, 0.1) is 5.41 Å². The van der Waals surface area contributed by atoms with Crippen LogP contribution in [0.3, 0.4) is 0 Å². The smallest absolute Gasteiger partial charge is 0.319 e. The third-order valence-corrected chi connectivity index (χ3v) is 4.80. The molecule has 0 spiro atoms. The molecule has 0 radical (unpaired) electrons. The van der Waals surface area contributed by atoms with Gasteiger partial charge in [-0.3, -0.25) is 0 Å². The number of anilines is 2. The maximum Gasteiger partial charge on any atom is 0.319 e. The Balaban J connectivity index is 2.70. The summed E-state index contributed by atoms with van der Waals surface area (Å²) in [7, 11) is 2.00. The van der Waals surface area contributed by atoms with E-state index in [9.17, 15) is 9.90 Å². The van der Waals surface area contributed by atoms with Gasteiger partial charge in [0.2, 0.25) is 0 Å². The molecule has 0 atom stereocenters. The summed E-state index contributed by atoms with van der Waals surface area (Å²) in [6.45, 7) is 7.86. The molecule has 1 aromatic rings. The number of aliphatic hydroxyl groups excluding tert-OH is 1. The molecule has 0 aromatic heterocycles. The molecule has 2 amide bonds. The molecule has 5 nitrogen and oxygen atoms in total. The molecule has 1 aromatic carbocycles. The summed E-state index contributed by atoms with van der Waals surface area (Å²) in [6.07, 6.45) is 2.56. The van der Waals surface area contributed by atoms with Gasteiger partial charge in [-0.2, -0.15) is 0 Å². The Kier molecular flexibility index (Phi) is 7.89. The van der Waals surface area contributed by atoms with Gasteiger partial charge < -0.3 is 20.6 Å². The van der Waals surface area contributed by atoms with Gasteiger partial charge in [0.1, 0.15) is 0 Å². The number of para-hydroxylation sites is 2. The predicted molar refractivity (Wildman–Crippen MR) is 97.1 cm³/mol. The van der Waals surface area contributed by atoms with Crippen LogP contribution < -0.4 is 15.5 Å². The van der Waals surface area contributed by atoms with E-state index in [0.717, 1.165) is 30.8 Å². The van der Waals surface area contributed by atoms with E-state index in [-0.39, 0.29) is 18.1 Å². The fourth-order valence-electron chi connectivity index (χ4n) is 2.70. The number of urea groups is 1. The van der Waals surface area contributed by atoms with Crippen molar-refractivity contribution < 1.29 is 9.90 Å². The average Bonchev–Trinajstić information content (AvgIpc) is 2.58. The lowest BCUT2D eigenvalue weighted by Crippen LogP contribution is -2.39. The molecule has 0 unspecified atom stereocenters. The van der Waals surface area contributed by atoms with Crippen molar-refractivity contribution in [3.63, 3.8) is 0 Å². The number of aliphatic hydroxyl groups is 1. The molecule has 0 heterocycles. The van der Waals surface area contributed by atoms with Crippen LogP contribution in [0.5, 0.6) is 0 Å². The number of hydrogen-bond donors (Lipinski definition) is 3. The Labute approximate surface area is 140 Å². The summed E-state index contributed by atoms with van der Waals surface area (Å²) in [6, 6.07) is 7.57. The minimum Gasteiger partial charge on any atom is -0.396 e. The highest BCUT2D eigenvalue weighted by molar-refractivity contribution is 5.93. The van der Waals surface area contributed by atoms with Gasteiger partial charge in [0.25, 0.3) is 0 Å². The van der Waals surface area contributed by atoms with Gasteiger partial charge >= 0.3 is 6.03 Å². The highest BCUT2D eigenvalue weighted by atomic mass is 16.3. The van der Waals surface area contributed by atoms with Gasteiger partial charge in [-0.05, 0) is 43.7 Å². The second kappa shape index (κ2) is 9.40. The Morgan fingerprint density at radius 3 is 2.43 bits per heavy atom. The molecule has 3 N–H and O–H groups in total. The molecule has 0 aliphatic rings. The molecule has 0 fully saturated rings. The zero-order chi connectivity index (χ0) is 17.3. The number of nitrogens with one attached hydrogen (secondary N) is 2. The van der Waals surface area contributed by atoms with Crippen LogP contribution in [-0.4, -0.2) is 37.9 Å². The normalized spacial score (nSPS) is 11.2. The summed E-state index contributed by atoms with van der Waals surface area (Å²) < 4.78 is 0. The monoisotopic (exact) mass is 321 g/mol. The van der Waals surface area contributed by atoms with Crippen LogP contribution in [0.4, 0.5) is 16.2 Å². The van der Waals surface area contributed by atoms with Crippen molar-refractivity contribution in [3.05, 3.63) is 24.3 Å². The van der Waals surface area contributed by atoms with Crippen molar-refractivity contribution in [2.45, 2.75) is 40.0 Å². The fraction of sp³-hybridized carbons (Fsp3) is 0.611. The van der Waals surface area contributed by atoms with E-state index in [2.05, 4.69) is 36.3 Å². The van der Waals surface area contributed by atoms with Crippen molar-refractivity contribution in [1.29, 1.82) is 0 Å². The Hall–Kier alpha value is -1.75. The fourth-order valence-corrected chi connectivity index (χ4v) is 2.70. The van der Waals surface area contributed by atoms with Gasteiger partial charge in [0, 0.05) is 26.7 Å². The number of carbonyl (C=O) groups excluding carboxylic acids is 1. The number of carbonyl (C=O) groups is 1. The molecule has 0 aliphatic carbocycles. The van der Waals surface area contributed by atoms with Crippen LogP contribution in [0.1, 0.15) is 40.0 Å². The van der Waals surface area contributed by atoms with E-state index in [1.807, 2.05) is 31.3 Å². The van der Waals surface area contributed by atoms with Crippen molar-refractivity contribution in [2.24, 2.45) is 5.41 Å². The number of amides is 2. The molecule has 0 saturated heterocycles. The lowest BCUT2D eigenvalue weighted by Gasteiger charge is -2.31. The number of hydrogen-bond acceptors (Lipinski definition) is 3. The maximum absolute atomic E-state index is 12.3. The molecular formula is C18H31N3O2. The Bertz CT molecular complexity index is 487. The predicted octanol–water partition coefficient (Wildman–Crippen LogP) is 3.45. The summed E-state index contributed by atoms with van der Waals surface area (Å²) in [5.74, 6) is 0. The molecule has 1 rings (SSSR count). The standard InChI is InChI=1S/C18H31N3O2/c1-5-18(6-2,12-13-22)14-19-17(23)20-15-10-8-9-11-16(15)21(4)7-3/h8-11,22H,5-7,12-14H2,1-4H3,(H2,19,20,23). The van der Waals surface area contributed by atoms with Crippen LogP contribution in [0.15, 0.2) is 24.3 Å². The highest BCUT2D eigenvalue weighted by Gasteiger charge is 2.26. The van der Waals surface area contributed by atoms with Crippen LogP contribution in [-0.2, 0) is 0 Å². The highest BCUT2D eigenvalue weighted by Crippen LogP contribution is 2.29. The Morgan fingerprint density at radius 2 is 1.87 bits per heavy atom. The largest absolute Gasteiger partial charge is 0.396 e. The first-order valence-corrected chi connectivity index (χ1v) is 8.47. The number of rotatable bonds is 9. The SMILES string of the molecule is CCN(C)c1ccccc1NC(=O)NCC(CC)(CC)CCO. The van der Waals surface area contributed by atoms with Crippen molar-refractivity contribution >= 4 is 17.4 Å². The summed E-state index contributed by atoms with van der Waals surface area (Å²) in [5, 5.41) is 15.2. The van der Waals surface area contributed by atoms with E-state index < -0.39 is 0 Å². The third kappa shape index (κ3) is 5.43. The van der Waals surface area contributed by atoms with Crippen molar-refractivity contribution in [1.82, 2.24) is 5.32 Å². The quantitative estimate of drug-likeness (QED) is 0.652. The van der Waals surface area contributed by atoms with Crippen molar-refractivity contribution in [3.8, 4) is 0 Å². The first-order chi connectivity index (χ1) is 11.0. The van der Waals surface area contributed by atoms with E-state index in [1.54, 1.807) is 0 Å². The van der Waals surface area contributed by atoms with Crippen LogP contribution in [0.25, 0.3) is 0 Å². The average molecular weight is 321 g/mol. The van der Waals surface area contributed by atoms with E-state index in [1.165, 1.54) is 0 Å². The van der Waals surface area contributed by atoms with E-state index >= 15 is 0 Å². The summed E-state index contributed by atoms with van der Waals surface area (Å²) in [5.41, 5.74) is 1.76. The molecule has 0 bridgehead atoms. The second-order valence-corrected chi connectivity index (χ2v) is 6.02. The topological polar surface area (TPSA) is 64.6 Å². The summed E-state index contributed by atoms with van der Waals surface area (Å²) >= 11 is 0. The number of nitrogens with zero attached hydrogens (tertiary/aromatic N) is 1. The first kappa shape index (κ1) is 19.3. The molecular weight excluding hydrogens is 290 g/mol. The van der Waals surface area contributed by atoms with Crippen LogP contribution >= 0.6 is 0 Å². The van der Waals surface area contributed by atoms with Gasteiger partial charge in [0.05, 0.1) is 11.4 Å². The van der Waals surface area contributed by atoms with Gasteiger partial charge in [-0.1, -0.05) is 26.0 Å². The van der Waals surface area contributed by atoms with Crippen molar-refractivity contribution in [2.75, 3.05) is 37.0 Å². The minimum atomic E-state index is -0.203. The lowest BCUT2D eigenvalue weighted by atomic mass is 9.79. The second-order valence-electron chi connectivity index (χ2n) is 6.02. The van der Waals surface area contributed by atoms with E-state index in [4.69, 9.17) is 0 Å². The van der Waals surface area contributed by atoms with Gasteiger partial charge in [-0.25, -0.2) is 4.79 Å².